The molecule has 1 aromatic rings. The Morgan fingerprint density at radius 2 is 1.96 bits per heavy atom. The van der Waals surface area contributed by atoms with Crippen LogP contribution in [0, 0.1) is 0 Å². The van der Waals surface area contributed by atoms with Crippen molar-refractivity contribution in [1.29, 1.82) is 0 Å². The molecule has 1 aliphatic heterocycles. The van der Waals surface area contributed by atoms with Gasteiger partial charge in [0.15, 0.2) is 0 Å². The molecular weight excluding hydrogens is 294 g/mol. The lowest BCUT2D eigenvalue weighted by Crippen LogP contribution is -2.47. The number of nitrogens with two attached hydrogens (primary N) is 1. The standard InChI is InChI=1S/C17H25N3O3/c1-22-14-7-12(8-15(9-14)23-2)10-20-6-3-13(11-20)19-16(21)17(18)4-5-17/h7-9,13H,3-6,10-11,18H2,1-2H3,(H,19,21). The van der Waals surface area contributed by atoms with E-state index in [0.717, 1.165) is 56.0 Å². The first kappa shape index (κ1) is 16.1. The van der Waals surface area contributed by atoms with E-state index in [2.05, 4.69) is 10.2 Å². The summed E-state index contributed by atoms with van der Waals surface area (Å²) in [6, 6.07) is 6.10. The molecule has 6 heteroatoms. The van der Waals surface area contributed by atoms with Crippen molar-refractivity contribution in [1.82, 2.24) is 10.2 Å². The number of carbonyl (C=O) groups excluding carboxylic acids is 1. The molecule has 1 aromatic carbocycles. The summed E-state index contributed by atoms with van der Waals surface area (Å²) < 4.78 is 10.6. The predicted octanol–water partition coefficient (Wildman–Crippen LogP) is 0.886. The molecular formula is C17H25N3O3. The third-order valence-electron chi connectivity index (χ3n) is 4.67. The van der Waals surface area contributed by atoms with Crippen molar-refractivity contribution >= 4 is 5.91 Å². The number of benzene rings is 1. The highest BCUT2D eigenvalue weighted by molar-refractivity contribution is 5.89. The van der Waals surface area contributed by atoms with Crippen LogP contribution in [0.2, 0.25) is 0 Å². The fourth-order valence-electron chi connectivity index (χ4n) is 3.00. The maximum Gasteiger partial charge on any atom is 0.240 e. The van der Waals surface area contributed by atoms with E-state index < -0.39 is 5.54 Å². The number of ether oxygens (including phenoxy) is 2. The van der Waals surface area contributed by atoms with Gasteiger partial charge in [0.05, 0.1) is 19.8 Å². The first-order valence-electron chi connectivity index (χ1n) is 8.06. The Bertz CT molecular complexity index is 564. The normalized spacial score (nSPS) is 22.7. The van der Waals surface area contributed by atoms with Gasteiger partial charge < -0.3 is 20.5 Å². The van der Waals surface area contributed by atoms with Crippen molar-refractivity contribution in [3.05, 3.63) is 23.8 Å². The van der Waals surface area contributed by atoms with Crippen LogP contribution < -0.4 is 20.5 Å². The largest absolute Gasteiger partial charge is 0.497 e. The summed E-state index contributed by atoms with van der Waals surface area (Å²) in [5.41, 5.74) is 6.49. The van der Waals surface area contributed by atoms with Crippen LogP contribution in [0.5, 0.6) is 11.5 Å². The van der Waals surface area contributed by atoms with E-state index in [0.29, 0.717) is 0 Å². The van der Waals surface area contributed by atoms with Crippen LogP contribution >= 0.6 is 0 Å². The number of hydrogen-bond donors (Lipinski definition) is 2. The summed E-state index contributed by atoms with van der Waals surface area (Å²) in [7, 11) is 3.31. The highest BCUT2D eigenvalue weighted by Gasteiger charge is 2.46. The van der Waals surface area contributed by atoms with E-state index in [1.807, 2.05) is 18.2 Å². The van der Waals surface area contributed by atoms with Crippen molar-refractivity contribution < 1.29 is 14.3 Å². The molecule has 6 nitrogen and oxygen atoms in total. The van der Waals surface area contributed by atoms with Crippen LogP contribution in [-0.2, 0) is 11.3 Å². The number of rotatable bonds is 6. The molecule has 1 atom stereocenters. The molecule has 23 heavy (non-hydrogen) atoms. The van der Waals surface area contributed by atoms with Crippen molar-refractivity contribution in [3.63, 3.8) is 0 Å². The second-order valence-corrected chi connectivity index (χ2v) is 6.57. The topological polar surface area (TPSA) is 76.8 Å². The molecule has 1 amide bonds. The van der Waals surface area contributed by atoms with Gasteiger partial charge in [0.1, 0.15) is 11.5 Å². The molecule has 0 spiro atoms. The van der Waals surface area contributed by atoms with Crippen molar-refractivity contribution in [2.24, 2.45) is 5.73 Å². The molecule has 1 unspecified atom stereocenters. The summed E-state index contributed by atoms with van der Waals surface area (Å²) in [5, 5.41) is 3.09. The molecule has 2 aliphatic rings. The Hall–Kier alpha value is -1.79. The lowest BCUT2D eigenvalue weighted by Gasteiger charge is -2.19. The Balaban J connectivity index is 1.56. The van der Waals surface area contributed by atoms with Gasteiger partial charge in [0.25, 0.3) is 0 Å². The van der Waals surface area contributed by atoms with Gasteiger partial charge in [-0.1, -0.05) is 0 Å². The number of nitrogens with one attached hydrogen (secondary N) is 1. The smallest absolute Gasteiger partial charge is 0.240 e. The number of nitrogens with zero attached hydrogens (tertiary/aromatic N) is 1. The Morgan fingerprint density at radius 3 is 2.52 bits per heavy atom. The van der Waals surface area contributed by atoms with Crippen LogP contribution in [0.1, 0.15) is 24.8 Å². The van der Waals surface area contributed by atoms with Gasteiger partial charge >= 0.3 is 0 Å². The Labute approximate surface area is 136 Å². The van der Waals surface area contributed by atoms with E-state index in [1.54, 1.807) is 14.2 Å². The summed E-state index contributed by atoms with van der Waals surface area (Å²) in [6.07, 6.45) is 2.57. The van der Waals surface area contributed by atoms with Gasteiger partial charge in [-0.2, -0.15) is 0 Å². The fraction of sp³-hybridized carbons (Fsp3) is 0.588. The summed E-state index contributed by atoms with van der Waals surface area (Å²) in [4.78, 5) is 14.4. The van der Waals surface area contributed by atoms with Gasteiger partial charge in [-0.3, -0.25) is 9.69 Å². The maximum atomic E-state index is 12.0. The first-order chi connectivity index (χ1) is 11.0. The van der Waals surface area contributed by atoms with Crippen molar-refractivity contribution in [2.75, 3.05) is 27.3 Å². The highest BCUT2D eigenvalue weighted by Crippen LogP contribution is 2.32. The van der Waals surface area contributed by atoms with Crippen molar-refractivity contribution in [2.45, 2.75) is 37.4 Å². The zero-order chi connectivity index (χ0) is 16.4. The van der Waals surface area contributed by atoms with E-state index in [9.17, 15) is 4.79 Å². The quantitative estimate of drug-likeness (QED) is 0.814. The molecule has 0 radical (unpaired) electrons. The van der Waals surface area contributed by atoms with Crippen molar-refractivity contribution in [3.8, 4) is 11.5 Å². The number of methoxy groups -OCH3 is 2. The summed E-state index contributed by atoms with van der Waals surface area (Å²) in [6.45, 7) is 2.62. The molecule has 1 saturated carbocycles. The van der Waals surface area contributed by atoms with Crippen LogP contribution in [0.25, 0.3) is 0 Å². The minimum absolute atomic E-state index is 0.00685. The second kappa shape index (κ2) is 6.37. The Morgan fingerprint density at radius 1 is 1.30 bits per heavy atom. The third kappa shape index (κ3) is 3.76. The van der Waals surface area contributed by atoms with E-state index in [-0.39, 0.29) is 11.9 Å². The van der Waals surface area contributed by atoms with E-state index in [4.69, 9.17) is 15.2 Å². The number of likely N-dealkylation sites (tertiary alicyclic amines) is 1. The molecule has 1 heterocycles. The maximum absolute atomic E-state index is 12.0. The minimum Gasteiger partial charge on any atom is -0.497 e. The van der Waals surface area contributed by atoms with E-state index >= 15 is 0 Å². The zero-order valence-electron chi connectivity index (χ0n) is 13.8. The van der Waals surface area contributed by atoms with Gasteiger partial charge in [-0.25, -0.2) is 0 Å². The second-order valence-electron chi connectivity index (χ2n) is 6.57. The number of amides is 1. The SMILES string of the molecule is COc1cc(CN2CCC(NC(=O)C3(N)CC3)C2)cc(OC)c1. The molecule has 126 valence electrons. The van der Waals surface area contributed by atoms with E-state index in [1.165, 1.54) is 0 Å². The van der Waals surface area contributed by atoms with Gasteiger partial charge in [0.2, 0.25) is 5.91 Å². The van der Waals surface area contributed by atoms with Crippen LogP contribution in [-0.4, -0.2) is 49.7 Å². The molecule has 0 aromatic heterocycles. The predicted molar refractivity (Wildman–Crippen MR) is 87.5 cm³/mol. The lowest BCUT2D eigenvalue weighted by atomic mass is 10.2. The van der Waals surface area contributed by atoms with Gasteiger partial charge in [0, 0.05) is 31.7 Å². The zero-order valence-corrected chi connectivity index (χ0v) is 13.8. The van der Waals surface area contributed by atoms with Gasteiger partial charge in [-0.05, 0) is 37.0 Å². The average molecular weight is 319 g/mol. The summed E-state index contributed by atoms with van der Waals surface area (Å²) >= 11 is 0. The Kier molecular flexibility index (Phi) is 4.46. The summed E-state index contributed by atoms with van der Waals surface area (Å²) in [5.74, 6) is 1.59. The monoisotopic (exact) mass is 319 g/mol. The minimum atomic E-state index is -0.590. The lowest BCUT2D eigenvalue weighted by molar-refractivity contribution is -0.123. The van der Waals surface area contributed by atoms with Gasteiger partial charge in [-0.15, -0.1) is 0 Å². The molecule has 3 N–H and O–H groups in total. The molecule has 1 aliphatic carbocycles. The molecule has 0 bridgehead atoms. The molecule has 1 saturated heterocycles. The van der Waals surface area contributed by atoms with Crippen LogP contribution in [0.4, 0.5) is 0 Å². The molecule has 3 rings (SSSR count). The highest BCUT2D eigenvalue weighted by atomic mass is 16.5. The number of carbonyl (C=O) groups is 1. The third-order valence-corrected chi connectivity index (χ3v) is 4.67. The fourth-order valence-corrected chi connectivity index (χ4v) is 3.00. The number of hydrogen-bond acceptors (Lipinski definition) is 5. The van der Waals surface area contributed by atoms with Crippen LogP contribution in [0.3, 0.4) is 0 Å². The first-order valence-corrected chi connectivity index (χ1v) is 8.06. The molecule has 2 fully saturated rings. The van der Waals surface area contributed by atoms with Crippen LogP contribution in [0.15, 0.2) is 18.2 Å². The average Bonchev–Trinajstić information content (AvgIpc) is 3.16.